The van der Waals surface area contributed by atoms with Gasteiger partial charge in [0.25, 0.3) is 0 Å². The summed E-state index contributed by atoms with van der Waals surface area (Å²) in [5.41, 5.74) is 0. The van der Waals surface area contributed by atoms with Crippen molar-refractivity contribution in [2.24, 2.45) is 0 Å². The zero-order chi connectivity index (χ0) is 7.40. The summed E-state index contributed by atoms with van der Waals surface area (Å²) in [7, 11) is 0. The Morgan fingerprint density at radius 1 is 1.40 bits per heavy atom. The van der Waals surface area contributed by atoms with Crippen molar-refractivity contribution < 1.29 is 10.2 Å². The lowest BCUT2D eigenvalue weighted by Gasteiger charge is -2.16. The molecular formula is C7H14NO2. The second kappa shape index (κ2) is 3.91. The van der Waals surface area contributed by atoms with Crippen molar-refractivity contribution in [2.75, 3.05) is 26.2 Å². The zero-order valence-electron chi connectivity index (χ0n) is 6.12. The minimum absolute atomic E-state index is 0.365. The Labute approximate surface area is 61.3 Å². The molecule has 1 aliphatic heterocycles. The monoisotopic (exact) mass is 144 g/mol. The standard InChI is InChI=1S/C7H14NO2/c9-6-7(10)5-8-3-1-2-4-8/h7,10H,1-6H2. The molecule has 1 aliphatic rings. The second-order valence-corrected chi connectivity index (χ2v) is 2.83. The quantitative estimate of drug-likeness (QED) is 0.599. The maximum atomic E-state index is 10.1. The highest BCUT2D eigenvalue weighted by molar-refractivity contribution is 4.69. The topological polar surface area (TPSA) is 43.4 Å². The number of aliphatic hydroxyl groups is 1. The van der Waals surface area contributed by atoms with E-state index in [1.165, 1.54) is 12.8 Å². The van der Waals surface area contributed by atoms with Crippen molar-refractivity contribution in [3.63, 3.8) is 0 Å². The highest BCUT2D eigenvalue weighted by Gasteiger charge is 2.14. The van der Waals surface area contributed by atoms with Crippen LogP contribution in [0.3, 0.4) is 0 Å². The fourth-order valence-electron chi connectivity index (χ4n) is 1.32. The molecule has 1 saturated heterocycles. The summed E-state index contributed by atoms with van der Waals surface area (Å²) < 4.78 is 0. The van der Waals surface area contributed by atoms with E-state index in [-0.39, 0.29) is 6.61 Å². The SMILES string of the molecule is [O]CC(O)CN1CCCC1. The molecule has 3 heteroatoms. The summed E-state index contributed by atoms with van der Waals surface area (Å²) in [6.07, 6.45) is 1.77. The third kappa shape index (κ3) is 2.25. The molecular weight excluding hydrogens is 130 g/mol. The maximum absolute atomic E-state index is 10.1. The number of β-amino-alcohol motifs (C(OH)–C–C–N with tert-alkyl or cyclic N) is 1. The summed E-state index contributed by atoms with van der Waals surface area (Å²) in [4.78, 5) is 2.14. The highest BCUT2D eigenvalue weighted by atomic mass is 16.3. The van der Waals surface area contributed by atoms with Crippen molar-refractivity contribution in [3.05, 3.63) is 0 Å². The van der Waals surface area contributed by atoms with Crippen LogP contribution in [0.2, 0.25) is 0 Å². The average molecular weight is 144 g/mol. The van der Waals surface area contributed by atoms with Gasteiger partial charge in [0.1, 0.15) is 6.61 Å². The van der Waals surface area contributed by atoms with Gasteiger partial charge in [-0.25, -0.2) is 5.11 Å². The van der Waals surface area contributed by atoms with E-state index >= 15 is 0 Å². The molecule has 10 heavy (non-hydrogen) atoms. The van der Waals surface area contributed by atoms with E-state index < -0.39 is 6.10 Å². The summed E-state index contributed by atoms with van der Waals surface area (Å²) in [6.45, 7) is 2.31. The molecule has 0 spiro atoms. The number of aliphatic hydroxyl groups excluding tert-OH is 1. The Kier molecular flexibility index (Phi) is 3.12. The van der Waals surface area contributed by atoms with Gasteiger partial charge in [0, 0.05) is 6.54 Å². The molecule has 1 radical (unpaired) electrons. The van der Waals surface area contributed by atoms with Crippen LogP contribution in [0, 0.1) is 0 Å². The molecule has 1 heterocycles. The maximum Gasteiger partial charge on any atom is 0.109 e. The zero-order valence-corrected chi connectivity index (χ0v) is 6.12. The van der Waals surface area contributed by atoms with Crippen molar-refractivity contribution >= 4 is 0 Å². The van der Waals surface area contributed by atoms with E-state index in [1.807, 2.05) is 0 Å². The van der Waals surface area contributed by atoms with E-state index in [9.17, 15) is 5.11 Å². The Hall–Kier alpha value is -0.120. The molecule has 1 N–H and O–H groups in total. The number of likely N-dealkylation sites (tertiary alicyclic amines) is 1. The van der Waals surface area contributed by atoms with Gasteiger partial charge < -0.3 is 10.0 Å². The lowest BCUT2D eigenvalue weighted by atomic mass is 10.3. The molecule has 0 bridgehead atoms. The first-order valence-electron chi connectivity index (χ1n) is 3.81. The largest absolute Gasteiger partial charge is 0.389 e. The van der Waals surface area contributed by atoms with Gasteiger partial charge in [-0.3, -0.25) is 0 Å². The van der Waals surface area contributed by atoms with Gasteiger partial charge in [-0.1, -0.05) is 0 Å². The molecule has 1 rings (SSSR count). The van der Waals surface area contributed by atoms with Gasteiger partial charge in [0.2, 0.25) is 0 Å². The van der Waals surface area contributed by atoms with Gasteiger partial charge in [-0.15, -0.1) is 0 Å². The number of hydrogen-bond acceptors (Lipinski definition) is 2. The van der Waals surface area contributed by atoms with Gasteiger partial charge >= 0.3 is 0 Å². The van der Waals surface area contributed by atoms with Crippen LogP contribution in [0.5, 0.6) is 0 Å². The first-order chi connectivity index (χ1) is 4.83. The second-order valence-electron chi connectivity index (χ2n) is 2.83. The summed E-state index contributed by atoms with van der Waals surface area (Å²) in [5.74, 6) is 0. The van der Waals surface area contributed by atoms with Gasteiger partial charge in [0.15, 0.2) is 0 Å². The molecule has 1 unspecified atom stereocenters. The first-order valence-corrected chi connectivity index (χ1v) is 3.81. The molecule has 0 amide bonds. The van der Waals surface area contributed by atoms with Crippen LogP contribution < -0.4 is 0 Å². The normalized spacial score (nSPS) is 23.4. The third-order valence-corrected chi connectivity index (χ3v) is 1.86. The summed E-state index contributed by atoms with van der Waals surface area (Å²) in [5, 5.41) is 19.1. The third-order valence-electron chi connectivity index (χ3n) is 1.86. The molecule has 0 saturated carbocycles. The molecule has 59 valence electrons. The Morgan fingerprint density at radius 2 is 2.00 bits per heavy atom. The average Bonchev–Trinajstić information content (AvgIpc) is 2.40. The molecule has 0 aromatic heterocycles. The lowest BCUT2D eigenvalue weighted by molar-refractivity contribution is 0.0345. The van der Waals surface area contributed by atoms with Crippen LogP contribution in [0.1, 0.15) is 12.8 Å². The van der Waals surface area contributed by atoms with Crippen LogP contribution in [0.4, 0.5) is 0 Å². The minimum Gasteiger partial charge on any atom is -0.389 e. The van der Waals surface area contributed by atoms with E-state index in [0.29, 0.717) is 6.54 Å². The number of hydrogen-bond donors (Lipinski definition) is 1. The molecule has 3 nitrogen and oxygen atoms in total. The fraction of sp³-hybridized carbons (Fsp3) is 1.00. The highest BCUT2D eigenvalue weighted by Crippen LogP contribution is 2.07. The van der Waals surface area contributed by atoms with Crippen LogP contribution in [0.25, 0.3) is 0 Å². The predicted molar refractivity (Wildman–Crippen MR) is 37.2 cm³/mol. The van der Waals surface area contributed by atoms with E-state index in [2.05, 4.69) is 4.90 Å². The molecule has 0 aliphatic carbocycles. The van der Waals surface area contributed by atoms with Gasteiger partial charge in [0.05, 0.1) is 6.10 Å². The number of rotatable bonds is 3. The van der Waals surface area contributed by atoms with Crippen LogP contribution >= 0.6 is 0 Å². The lowest BCUT2D eigenvalue weighted by Crippen LogP contribution is -2.31. The Balaban J connectivity index is 2.11. The smallest absolute Gasteiger partial charge is 0.109 e. The van der Waals surface area contributed by atoms with Gasteiger partial charge in [-0.2, -0.15) is 0 Å². The van der Waals surface area contributed by atoms with Crippen LogP contribution in [0.15, 0.2) is 0 Å². The van der Waals surface area contributed by atoms with E-state index in [4.69, 9.17) is 5.11 Å². The molecule has 1 atom stereocenters. The van der Waals surface area contributed by atoms with Crippen molar-refractivity contribution in [1.82, 2.24) is 4.90 Å². The van der Waals surface area contributed by atoms with Crippen molar-refractivity contribution in [1.29, 1.82) is 0 Å². The van der Waals surface area contributed by atoms with Crippen molar-refractivity contribution in [3.8, 4) is 0 Å². The van der Waals surface area contributed by atoms with Crippen LogP contribution in [-0.2, 0) is 5.11 Å². The Morgan fingerprint density at radius 3 is 2.50 bits per heavy atom. The summed E-state index contributed by atoms with van der Waals surface area (Å²) >= 11 is 0. The Bertz CT molecular complexity index is 91.6. The number of nitrogens with zero attached hydrogens (tertiary/aromatic N) is 1. The van der Waals surface area contributed by atoms with Crippen molar-refractivity contribution in [2.45, 2.75) is 18.9 Å². The predicted octanol–water partition coefficient (Wildman–Crippen LogP) is -0.126. The van der Waals surface area contributed by atoms with Crippen LogP contribution in [-0.4, -0.2) is 42.4 Å². The molecule has 0 aromatic carbocycles. The summed E-state index contributed by atoms with van der Waals surface area (Å²) in [6, 6.07) is 0. The molecule has 1 fully saturated rings. The first kappa shape index (κ1) is 7.98. The van der Waals surface area contributed by atoms with Gasteiger partial charge in [-0.05, 0) is 25.9 Å². The van der Waals surface area contributed by atoms with E-state index in [0.717, 1.165) is 13.1 Å². The molecule has 0 aromatic rings. The van der Waals surface area contributed by atoms with E-state index in [1.54, 1.807) is 0 Å². The fourth-order valence-corrected chi connectivity index (χ4v) is 1.32. The minimum atomic E-state index is -0.655.